The van der Waals surface area contributed by atoms with E-state index >= 15 is 0 Å². The molecular weight excluding hydrogens is 224 g/mol. The van der Waals surface area contributed by atoms with Crippen LogP contribution in [-0.4, -0.2) is 50.3 Å². The van der Waals surface area contributed by atoms with E-state index in [1.54, 1.807) is 0 Å². The van der Waals surface area contributed by atoms with Crippen molar-refractivity contribution in [1.29, 1.82) is 0 Å². The third-order valence-electron chi connectivity index (χ3n) is 4.90. The van der Waals surface area contributed by atoms with E-state index in [-0.39, 0.29) is 5.60 Å². The van der Waals surface area contributed by atoms with Crippen molar-refractivity contribution in [2.75, 3.05) is 39.8 Å². The highest BCUT2D eigenvalue weighted by atomic mass is 16.5. The van der Waals surface area contributed by atoms with Gasteiger partial charge in [0.25, 0.3) is 0 Å². The number of nitrogens with one attached hydrogen (secondary N) is 1. The molecule has 2 rings (SSSR count). The lowest BCUT2D eigenvalue weighted by Gasteiger charge is -2.43. The molecule has 2 atom stereocenters. The molecule has 106 valence electrons. The minimum atomic E-state index is 0.0810. The molecule has 0 aromatic rings. The second-order valence-electron chi connectivity index (χ2n) is 6.65. The van der Waals surface area contributed by atoms with E-state index in [0.717, 1.165) is 6.54 Å². The Morgan fingerprint density at radius 3 is 2.78 bits per heavy atom. The highest BCUT2D eigenvalue weighted by molar-refractivity contribution is 4.93. The monoisotopic (exact) mass is 254 g/mol. The molecule has 0 radical (unpaired) electrons. The lowest BCUT2D eigenvalue weighted by atomic mass is 9.81. The number of methoxy groups -OCH3 is 1. The number of ether oxygens (including phenoxy) is 1. The van der Waals surface area contributed by atoms with Crippen molar-refractivity contribution in [2.45, 2.75) is 51.6 Å². The van der Waals surface area contributed by atoms with E-state index in [0.29, 0.717) is 5.41 Å². The molecular formula is C15H30N2O. The van der Waals surface area contributed by atoms with Gasteiger partial charge < -0.3 is 10.1 Å². The molecule has 0 spiro atoms. The summed E-state index contributed by atoms with van der Waals surface area (Å²) < 4.78 is 5.71. The molecule has 2 saturated heterocycles. The van der Waals surface area contributed by atoms with Crippen LogP contribution < -0.4 is 5.32 Å². The third kappa shape index (κ3) is 3.25. The number of likely N-dealkylation sites (tertiary alicyclic amines) is 1. The first-order chi connectivity index (χ1) is 8.61. The van der Waals surface area contributed by atoms with Crippen molar-refractivity contribution < 1.29 is 4.74 Å². The molecule has 3 nitrogen and oxygen atoms in total. The van der Waals surface area contributed by atoms with Gasteiger partial charge in [0.05, 0.1) is 5.60 Å². The molecule has 0 bridgehead atoms. The first kappa shape index (κ1) is 14.3. The van der Waals surface area contributed by atoms with E-state index in [2.05, 4.69) is 24.1 Å². The minimum Gasteiger partial charge on any atom is -0.377 e. The molecule has 2 aliphatic rings. The number of hydrogen-bond acceptors (Lipinski definition) is 3. The minimum absolute atomic E-state index is 0.0810. The summed E-state index contributed by atoms with van der Waals surface area (Å²) in [6.07, 6.45) is 6.50. The second kappa shape index (κ2) is 5.89. The van der Waals surface area contributed by atoms with Crippen LogP contribution in [-0.2, 0) is 4.74 Å². The number of piperidine rings is 1. The highest BCUT2D eigenvalue weighted by Gasteiger charge is 2.38. The molecule has 0 aromatic carbocycles. The Hall–Kier alpha value is -0.120. The predicted octanol–water partition coefficient (Wildman–Crippen LogP) is 2.27. The van der Waals surface area contributed by atoms with Gasteiger partial charge in [0.1, 0.15) is 0 Å². The fourth-order valence-corrected chi connectivity index (χ4v) is 3.84. The molecule has 2 unspecified atom stereocenters. The molecule has 2 heterocycles. The van der Waals surface area contributed by atoms with Crippen molar-refractivity contribution in [2.24, 2.45) is 5.41 Å². The van der Waals surface area contributed by atoms with E-state index in [1.165, 1.54) is 58.3 Å². The van der Waals surface area contributed by atoms with E-state index < -0.39 is 0 Å². The Balaban J connectivity index is 1.94. The van der Waals surface area contributed by atoms with Gasteiger partial charge in [-0.25, -0.2) is 0 Å². The third-order valence-corrected chi connectivity index (χ3v) is 4.90. The first-order valence-corrected chi connectivity index (χ1v) is 7.60. The van der Waals surface area contributed by atoms with E-state index in [1.807, 2.05) is 7.11 Å². The summed E-state index contributed by atoms with van der Waals surface area (Å²) >= 11 is 0. The summed E-state index contributed by atoms with van der Waals surface area (Å²) in [6, 6.07) is 0. The fourth-order valence-electron chi connectivity index (χ4n) is 3.84. The smallest absolute Gasteiger partial charge is 0.0777 e. The van der Waals surface area contributed by atoms with Gasteiger partial charge in [-0.1, -0.05) is 13.3 Å². The van der Waals surface area contributed by atoms with Crippen molar-refractivity contribution >= 4 is 0 Å². The quantitative estimate of drug-likeness (QED) is 0.814. The van der Waals surface area contributed by atoms with Gasteiger partial charge in [-0.05, 0) is 51.1 Å². The molecule has 1 N–H and O–H groups in total. The van der Waals surface area contributed by atoms with Crippen LogP contribution in [0.5, 0.6) is 0 Å². The van der Waals surface area contributed by atoms with Crippen LogP contribution in [0.3, 0.4) is 0 Å². The largest absolute Gasteiger partial charge is 0.377 e. The van der Waals surface area contributed by atoms with Crippen molar-refractivity contribution in [3.63, 3.8) is 0 Å². The summed E-state index contributed by atoms with van der Waals surface area (Å²) in [5.74, 6) is 0. The zero-order valence-corrected chi connectivity index (χ0v) is 12.4. The Bertz CT molecular complexity index is 263. The standard InChI is InChI=1S/C15H30N2O/c1-4-6-15(8-9-16-11-15)13-17-10-5-7-14(2,12-17)18-3/h16H,4-13H2,1-3H3. The van der Waals surface area contributed by atoms with Gasteiger partial charge in [-0.2, -0.15) is 0 Å². The van der Waals surface area contributed by atoms with Crippen molar-refractivity contribution in [3.05, 3.63) is 0 Å². The molecule has 0 saturated carbocycles. The normalized spacial score (nSPS) is 38.2. The van der Waals surface area contributed by atoms with Crippen LogP contribution in [0.1, 0.15) is 46.0 Å². The Morgan fingerprint density at radius 1 is 1.33 bits per heavy atom. The average Bonchev–Trinajstić information content (AvgIpc) is 2.78. The van der Waals surface area contributed by atoms with Crippen LogP contribution in [0.2, 0.25) is 0 Å². The summed E-state index contributed by atoms with van der Waals surface area (Å²) in [6.45, 7) is 10.6. The Kier molecular flexibility index (Phi) is 4.68. The van der Waals surface area contributed by atoms with Crippen molar-refractivity contribution in [1.82, 2.24) is 10.2 Å². The number of nitrogens with zero attached hydrogens (tertiary/aromatic N) is 1. The summed E-state index contributed by atoms with van der Waals surface area (Å²) in [5, 5.41) is 3.56. The van der Waals surface area contributed by atoms with Gasteiger partial charge >= 0.3 is 0 Å². The average molecular weight is 254 g/mol. The summed E-state index contributed by atoms with van der Waals surface area (Å²) in [4.78, 5) is 2.65. The maximum atomic E-state index is 5.71. The SMILES string of the molecule is CCCC1(CN2CCCC(C)(OC)C2)CCNC1. The zero-order chi connectivity index (χ0) is 13.1. The highest BCUT2D eigenvalue weighted by Crippen LogP contribution is 2.34. The summed E-state index contributed by atoms with van der Waals surface area (Å²) in [7, 11) is 1.86. The number of rotatable bonds is 5. The van der Waals surface area contributed by atoms with Crippen LogP contribution in [0, 0.1) is 5.41 Å². The Labute approximate surface area is 112 Å². The maximum Gasteiger partial charge on any atom is 0.0777 e. The molecule has 0 aromatic heterocycles. The zero-order valence-electron chi connectivity index (χ0n) is 12.4. The molecule has 2 aliphatic heterocycles. The first-order valence-electron chi connectivity index (χ1n) is 7.60. The topological polar surface area (TPSA) is 24.5 Å². The second-order valence-corrected chi connectivity index (χ2v) is 6.65. The van der Waals surface area contributed by atoms with Gasteiger partial charge in [0, 0.05) is 26.7 Å². The molecule has 2 fully saturated rings. The van der Waals surface area contributed by atoms with Gasteiger partial charge in [-0.15, -0.1) is 0 Å². The predicted molar refractivity (Wildman–Crippen MR) is 75.9 cm³/mol. The van der Waals surface area contributed by atoms with E-state index in [4.69, 9.17) is 4.74 Å². The van der Waals surface area contributed by atoms with Crippen molar-refractivity contribution in [3.8, 4) is 0 Å². The summed E-state index contributed by atoms with van der Waals surface area (Å²) in [5.41, 5.74) is 0.610. The Morgan fingerprint density at radius 2 is 2.17 bits per heavy atom. The van der Waals surface area contributed by atoms with Crippen LogP contribution in [0.25, 0.3) is 0 Å². The molecule has 0 amide bonds. The lowest BCUT2D eigenvalue weighted by molar-refractivity contribution is -0.0588. The van der Waals surface area contributed by atoms with Gasteiger partial charge in [0.2, 0.25) is 0 Å². The fraction of sp³-hybridized carbons (Fsp3) is 1.00. The van der Waals surface area contributed by atoms with Crippen LogP contribution >= 0.6 is 0 Å². The van der Waals surface area contributed by atoms with E-state index in [9.17, 15) is 0 Å². The lowest BCUT2D eigenvalue weighted by Crippen LogP contribution is -2.51. The molecule has 18 heavy (non-hydrogen) atoms. The van der Waals surface area contributed by atoms with Gasteiger partial charge in [0.15, 0.2) is 0 Å². The van der Waals surface area contributed by atoms with Crippen LogP contribution in [0.15, 0.2) is 0 Å². The molecule has 3 heteroatoms. The van der Waals surface area contributed by atoms with Gasteiger partial charge in [-0.3, -0.25) is 4.90 Å². The van der Waals surface area contributed by atoms with Crippen LogP contribution in [0.4, 0.5) is 0 Å². The molecule has 0 aliphatic carbocycles. The maximum absolute atomic E-state index is 5.71. The number of hydrogen-bond donors (Lipinski definition) is 1.